The summed E-state index contributed by atoms with van der Waals surface area (Å²) in [5.74, 6) is 0.886. The summed E-state index contributed by atoms with van der Waals surface area (Å²) in [6, 6.07) is 12.6. The van der Waals surface area contributed by atoms with E-state index >= 15 is 0 Å². The summed E-state index contributed by atoms with van der Waals surface area (Å²) in [6.07, 6.45) is 7.48. The van der Waals surface area contributed by atoms with Gasteiger partial charge < -0.3 is 15.1 Å². The second-order valence-corrected chi connectivity index (χ2v) is 9.93. The average Bonchev–Trinajstić information content (AvgIpc) is 3.24. The summed E-state index contributed by atoms with van der Waals surface area (Å²) in [7, 11) is 0. The highest BCUT2D eigenvalue weighted by atomic mass is 32.1. The van der Waals surface area contributed by atoms with Gasteiger partial charge in [-0.1, -0.05) is 37.3 Å². The number of thiophene rings is 1. The number of nitrogens with zero attached hydrogens (tertiary/aromatic N) is 2. The van der Waals surface area contributed by atoms with Crippen LogP contribution in [-0.2, 0) is 0 Å². The molecule has 5 heteroatoms. The van der Waals surface area contributed by atoms with Crippen LogP contribution in [0.4, 0.5) is 5.00 Å². The third-order valence-electron chi connectivity index (χ3n) is 6.34. The first kappa shape index (κ1) is 21.4. The normalized spacial score (nSPS) is 20.3. The minimum Gasteiger partial charge on any atom is -0.363 e. The highest BCUT2D eigenvalue weighted by Gasteiger charge is 2.22. The Morgan fingerprint density at radius 2 is 1.90 bits per heavy atom. The number of nitrogens with one attached hydrogen (secondary N) is 1. The van der Waals surface area contributed by atoms with E-state index in [-0.39, 0.29) is 5.91 Å². The van der Waals surface area contributed by atoms with E-state index in [0.717, 1.165) is 43.4 Å². The van der Waals surface area contributed by atoms with E-state index in [1.54, 1.807) is 11.3 Å². The number of carbonyl (C=O) groups excluding carboxylic acids is 1. The minimum atomic E-state index is 0.0763. The predicted octanol–water partition coefficient (Wildman–Crippen LogP) is 5.26. The molecule has 0 radical (unpaired) electrons. The number of hydrogen-bond donors (Lipinski definition) is 1. The number of likely N-dealkylation sites (tertiary alicyclic amines) is 1. The fourth-order valence-electron chi connectivity index (χ4n) is 4.73. The summed E-state index contributed by atoms with van der Waals surface area (Å²) >= 11 is 1.66. The molecule has 2 aliphatic rings. The van der Waals surface area contributed by atoms with Crippen molar-refractivity contribution >= 4 is 22.2 Å². The van der Waals surface area contributed by atoms with Gasteiger partial charge in [0.15, 0.2) is 0 Å². The summed E-state index contributed by atoms with van der Waals surface area (Å²) in [5.41, 5.74) is 2.41. The summed E-state index contributed by atoms with van der Waals surface area (Å²) < 4.78 is 0. The van der Waals surface area contributed by atoms with Gasteiger partial charge in [-0.05, 0) is 69.2 Å². The summed E-state index contributed by atoms with van der Waals surface area (Å²) in [4.78, 5) is 18.8. The van der Waals surface area contributed by atoms with Crippen LogP contribution >= 0.6 is 11.3 Å². The first-order valence-corrected chi connectivity index (χ1v) is 12.5. The Bertz CT molecular complexity index is 813. The zero-order valence-electron chi connectivity index (χ0n) is 18.2. The van der Waals surface area contributed by atoms with Gasteiger partial charge >= 0.3 is 0 Å². The van der Waals surface area contributed by atoms with Crippen LogP contribution in [0.3, 0.4) is 0 Å². The van der Waals surface area contributed by atoms with Crippen LogP contribution in [-0.4, -0.2) is 50.1 Å². The monoisotopic (exact) mass is 425 g/mol. The van der Waals surface area contributed by atoms with Crippen molar-refractivity contribution in [2.45, 2.75) is 45.4 Å². The molecule has 1 atom stereocenters. The molecule has 162 valence electrons. The van der Waals surface area contributed by atoms with Gasteiger partial charge in [0.2, 0.25) is 0 Å². The van der Waals surface area contributed by atoms with Crippen LogP contribution in [0.2, 0.25) is 0 Å². The number of rotatable bonds is 7. The van der Waals surface area contributed by atoms with Crippen LogP contribution in [0.5, 0.6) is 0 Å². The molecular formula is C25H35N3OS. The van der Waals surface area contributed by atoms with Crippen molar-refractivity contribution < 1.29 is 4.79 Å². The molecule has 0 bridgehead atoms. The van der Waals surface area contributed by atoms with Crippen LogP contribution in [0.15, 0.2) is 36.4 Å². The van der Waals surface area contributed by atoms with Crippen LogP contribution in [0, 0.1) is 5.92 Å². The maximum absolute atomic E-state index is 12.9. The minimum absolute atomic E-state index is 0.0763. The second kappa shape index (κ2) is 10.5. The third-order valence-corrected chi connectivity index (χ3v) is 7.54. The lowest BCUT2D eigenvalue weighted by molar-refractivity contribution is 0.0954. The van der Waals surface area contributed by atoms with E-state index in [0.29, 0.717) is 0 Å². The molecule has 1 N–H and O–H groups in total. The van der Waals surface area contributed by atoms with Crippen molar-refractivity contribution in [2.24, 2.45) is 5.92 Å². The van der Waals surface area contributed by atoms with Crippen molar-refractivity contribution in [3.63, 3.8) is 0 Å². The molecule has 2 fully saturated rings. The number of carbonyl (C=O) groups is 1. The molecule has 0 unspecified atom stereocenters. The molecule has 4 nitrogen and oxygen atoms in total. The Morgan fingerprint density at radius 3 is 2.67 bits per heavy atom. The molecule has 0 aliphatic carbocycles. The van der Waals surface area contributed by atoms with E-state index in [2.05, 4.69) is 52.4 Å². The largest absolute Gasteiger partial charge is 0.363 e. The van der Waals surface area contributed by atoms with Crippen molar-refractivity contribution in [2.75, 3.05) is 44.2 Å². The second-order valence-electron chi connectivity index (χ2n) is 8.90. The van der Waals surface area contributed by atoms with Gasteiger partial charge in [-0.2, -0.15) is 0 Å². The predicted molar refractivity (Wildman–Crippen MR) is 128 cm³/mol. The molecule has 2 aromatic rings. The number of anilines is 1. The third kappa shape index (κ3) is 5.44. The molecule has 2 aliphatic heterocycles. The molecule has 4 rings (SSSR count). The molecule has 0 saturated carbocycles. The SMILES string of the molecule is C[C@H]1CCCN(CCCNC(=O)c2cc(-c3ccccc3)c(N3CCCCC3)s2)C1. The zero-order valence-corrected chi connectivity index (χ0v) is 19.1. The van der Waals surface area contributed by atoms with Gasteiger partial charge in [0.05, 0.1) is 9.88 Å². The lowest BCUT2D eigenvalue weighted by Gasteiger charge is -2.30. The van der Waals surface area contributed by atoms with Gasteiger partial charge in [-0.15, -0.1) is 11.3 Å². The molecule has 2 saturated heterocycles. The van der Waals surface area contributed by atoms with Gasteiger partial charge in [0.1, 0.15) is 0 Å². The number of benzene rings is 1. The highest BCUT2D eigenvalue weighted by molar-refractivity contribution is 7.18. The van der Waals surface area contributed by atoms with Crippen molar-refractivity contribution in [1.82, 2.24) is 10.2 Å². The Balaban J connectivity index is 1.39. The van der Waals surface area contributed by atoms with Crippen LogP contribution in [0.25, 0.3) is 11.1 Å². The van der Waals surface area contributed by atoms with E-state index in [4.69, 9.17) is 0 Å². The zero-order chi connectivity index (χ0) is 20.8. The number of amides is 1. The van der Waals surface area contributed by atoms with Crippen molar-refractivity contribution in [3.8, 4) is 11.1 Å². The Morgan fingerprint density at radius 1 is 1.10 bits per heavy atom. The van der Waals surface area contributed by atoms with Crippen LogP contribution in [0.1, 0.15) is 55.1 Å². The fraction of sp³-hybridized carbons (Fsp3) is 0.560. The Kier molecular flexibility index (Phi) is 7.45. The van der Waals surface area contributed by atoms with Crippen molar-refractivity contribution in [3.05, 3.63) is 41.3 Å². The summed E-state index contributed by atoms with van der Waals surface area (Å²) in [6.45, 7) is 8.78. The Labute approximate surface area is 185 Å². The fourth-order valence-corrected chi connectivity index (χ4v) is 5.88. The molecule has 3 heterocycles. The van der Waals surface area contributed by atoms with E-state index in [9.17, 15) is 4.79 Å². The lowest BCUT2D eigenvalue weighted by Crippen LogP contribution is -2.36. The first-order chi connectivity index (χ1) is 14.7. The van der Waals surface area contributed by atoms with Gasteiger partial charge in [0.25, 0.3) is 5.91 Å². The van der Waals surface area contributed by atoms with Gasteiger partial charge in [-0.3, -0.25) is 4.79 Å². The standard InChI is InChI=1S/C25H35N3OS/c1-20-10-8-14-27(19-20)15-9-13-26-24(29)23-18-22(21-11-4-2-5-12-21)25(30-23)28-16-6-3-7-17-28/h2,4-5,11-12,18,20H,3,6-10,13-17,19H2,1H3,(H,26,29)/t20-/m0/s1. The first-order valence-electron chi connectivity index (χ1n) is 11.7. The average molecular weight is 426 g/mol. The van der Waals surface area contributed by atoms with Gasteiger partial charge in [0, 0.05) is 31.7 Å². The molecule has 0 spiro atoms. The lowest BCUT2D eigenvalue weighted by atomic mass is 10.0. The van der Waals surface area contributed by atoms with Crippen LogP contribution < -0.4 is 10.2 Å². The maximum Gasteiger partial charge on any atom is 0.261 e. The molecular weight excluding hydrogens is 390 g/mol. The topological polar surface area (TPSA) is 35.6 Å². The molecule has 1 amide bonds. The molecule has 1 aromatic carbocycles. The van der Waals surface area contributed by atoms with E-state index in [1.165, 1.54) is 61.3 Å². The van der Waals surface area contributed by atoms with E-state index in [1.807, 2.05) is 6.07 Å². The smallest absolute Gasteiger partial charge is 0.261 e. The number of hydrogen-bond acceptors (Lipinski definition) is 4. The molecule has 30 heavy (non-hydrogen) atoms. The van der Waals surface area contributed by atoms with Gasteiger partial charge in [-0.25, -0.2) is 0 Å². The molecule has 1 aromatic heterocycles. The van der Waals surface area contributed by atoms with E-state index < -0.39 is 0 Å². The quantitative estimate of drug-likeness (QED) is 0.615. The van der Waals surface area contributed by atoms with Crippen molar-refractivity contribution in [1.29, 1.82) is 0 Å². The highest BCUT2D eigenvalue weighted by Crippen LogP contribution is 2.40. The number of piperidine rings is 2. The Hall–Kier alpha value is -1.85. The summed E-state index contributed by atoms with van der Waals surface area (Å²) in [5, 5.41) is 4.43. The maximum atomic E-state index is 12.9.